The van der Waals surface area contributed by atoms with Gasteiger partial charge < -0.3 is 0 Å². The van der Waals surface area contributed by atoms with E-state index in [1.807, 2.05) is 24.3 Å². The van der Waals surface area contributed by atoms with Gasteiger partial charge in [-0.3, -0.25) is 16.3 Å². The number of pyridine rings is 1. The third-order valence-corrected chi connectivity index (χ3v) is 3.34. The lowest BCUT2D eigenvalue weighted by molar-refractivity contribution is 0.551. The van der Waals surface area contributed by atoms with E-state index in [-0.39, 0.29) is 6.04 Å². The Morgan fingerprint density at radius 3 is 2.50 bits per heavy atom. The zero-order chi connectivity index (χ0) is 13.0. The maximum absolute atomic E-state index is 6.15. The van der Waals surface area contributed by atoms with Crippen molar-refractivity contribution in [3.63, 3.8) is 0 Å². The number of nitrogens with two attached hydrogens (primary N) is 1. The summed E-state index contributed by atoms with van der Waals surface area (Å²) in [6.45, 7) is 0. The average molecular weight is 282 g/mol. The molecule has 5 heteroatoms. The number of benzene rings is 1. The second-order valence-corrected chi connectivity index (χ2v) is 4.78. The highest BCUT2D eigenvalue weighted by Gasteiger charge is 2.12. The molecule has 1 aromatic heterocycles. The molecule has 0 bridgehead atoms. The molecule has 3 N–H and O–H groups in total. The molecule has 0 radical (unpaired) electrons. The number of hydrogen-bond donors (Lipinski definition) is 2. The highest BCUT2D eigenvalue weighted by atomic mass is 35.5. The minimum atomic E-state index is -0.00771. The smallest absolute Gasteiger partial charge is 0.0501 e. The molecule has 18 heavy (non-hydrogen) atoms. The van der Waals surface area contributed by atoms with E-state index >= 15 is 0 Å². The van der Waals surface area contributed by atoms with E-state index in [0.717, 1.165) is 11.1 Å². The van der Waals surface area contributed by atoms with Crippen LogP contribution in [0.4, 0.5) is 0 Å². The van der Waals surface area contributed by atoms with Gasteiger partial charge in [-0.05, 0) is 41.8 Å². The molecule has 2 aromatic rings. The van der Waals surface area contributed by atoms with Gasteiger partial charge in [-0.1, -0.05) is 29.3 Å². The Morgan fingerprint density at radius 1 is 1.17 bits per heavy atom. The number of hydrogen-bond acceptors (Lipinski definition) is 3. The van der Waals surface area contributed by atoms with E-state index in [9.17, 15) is 0 Å². The number of nitrogens with one attached hydrogen (secondary N) is 1. The van der Waals surface area contributed by atoms with Crippen molar-refractivity contribution in [2.24, 2.45) is 5.84 Å². The highest BCUT2D eigenvalue weighted by molar-refractivity contribution is 6.35. The molecule has 2 rings (SSSR count). The van der Waals surface area contributed by atoms with Crippen molar-refractivity contribution >= 4 is 23.2 Å². The van der Waals surface area contributed by atoms with Gasteiger partial charge in [-0.2, -0.15) is 0 Å². The first-order valence-corrected chi connectivity index (χ1v) is 6.26. The molecule has 1 atom stereocenters. The summed E-state index contributed by atoms with van der Waals surface area (Å²) in [5.41, 5.74) is 4.86. The van der Waals surface area contributed by atoms with Crippen molar-refractivity contribution < 1.29 is 0 Å². The summed E-state index contributed by atoms with van der Waals surface area (Å²) in [5.74, 6) is 5.59. The molecule has 0 amide bonds. The molecule has 0 aliphatic rings. The Balaban J connectivity index is 2.21. The van der Waals surface area contributed by atoms with E-state index in [4.69, 9.17) is 29.0 Å². The lowest BCUT2D eigenvalue weighted by atomic mass is 10.0. The summed E-state index contributed by atoms with van der Waals surface area (Å²) >= 11 is 12.0. The maximum atomic E-state index is 6.15. The van der Waals surface area contributed by atoms with Crippen LogP contribution in [-0.4, -0.2) is 4.98 Å². The molecule has 0 fully saturated rings. The molecule has 94 valence electrons. The van der Waals surface area contributed by atoms with Gasteiger partial charge in [0.1, 0.15) is 0 Å². The number of aromatic nitrogens is 1. The maximum Gasteiger partial charge on any atom is 0.0501 e. The number of hydrazine groups is 1. The van der Waals surface area contributed by atoms with E-state index < -0.39 is 0 Å². The standard InChI is InChI=1S/C13H13Cl2N3/c14-11-2-1-10(12(15)8-11)7-13(18-16)9-3-5-17-6-4-9/h1-6,8,13,18H,7,16H2. The fourth-order valence-electron chi connectivity index (χ4n) is 1.78. The molecule has 0 aliphatic heterocycles. The van der Waals surface area contributed by atoms with Crippen molar-refractivity contribution in [3.8, 4) is 0 Å². The zero-order valence-electron chi connectivity index (χ0n) is 9.61. The molecule has 1 heterocycles. The van der Waals surface area contributed by atoms with Gasteiger partial charge in [0.25, 0.3) is 0 Å². The summed E-state index contributed by atoms with van der Waals surface area (Å²) in [4.78, 5) is 3.99. The summed E-state index contributed by atoms with van der Waals surface area (Å²) in [6, 6.07) is 9.31. The van der Waals surface area contributed by atoms with Crippen LogP contribution in [0.3, 0.4) is 0 Å². The summed E-state index contributed by atoms with van der Waals surface area (Å²) in [5, 5.41) is 1.28. The van der Waals surface area contributed by atoms with E-state index in [0.29, 0.717) is 16.5 Å². The average Bonchev–Trinajstić information content (AvgIpc) is 2.39. The van der Waals surface area contributed by atoms with E-state index in [2.05, 4.69) is 10.4 Å². The Hall–Kier alpha value is -1.13. The quantitative estimate of drug-likeness (QED) is 0.669. The van der Waals surface area contributed by atoms with Crippen molar-refractivity contribution in [1.82, 2.24) is 10.4 Å². The topological polar surface area (TPSA) is 50.9 Å². The molecule has 0 aliphatic carbocycles. The third-order valence-electron chi connectivity index (χ3n) is 2.75. The SMILES string of the molecule is NNC(Cc1ccc(Cl)cc1Cl)c1ccncc1. The van der Waals surface area contributed by atoms with Gasteiger partial charge >= 0.3 is 0 Å². The van der Waals surface area contributed by atoms with E-state index in [1.165, 1.54) is 0 Å². The van der Waals surface area contributed by atoms with Crippen molar-refractivity contribution in [3.05, 3.63) is 63.9 Å². The number of nitrogens with zero attached hydrogens (tertiary/aromatic N) is 1. The predicted molar refractivity (Wildman–Crippen MR) is 74.5 cm³/mol. The van der Waals surface area contributed by atoms with Crippen LogP contribution in [0.1, 0.15) is 17.2 Å². The number of halogens is 2. The first kappa shape index (κ1) is 13.3. The first-order valence-electron chi connectivity index (χ1n) is 5.50. The van der Waals surface area contributed by atoms with Crippen LogP contribution in [0, 0.1) is 0 Å². The second kappa shape index (κ2) is 6.16. The molecule has 1 aromatic carbocycles. The second-order valence-electron chi connectivity index (χ2n) is 3.94. The molecule has 1 unspecified atom stereocenters. The van der Waals surface area contributed by atoms with Gasteiger partial charge in [0.05, 0.1) is 6.04 Å². The molecule has 0 spiro atoms. The fraction of sp³-hybridized carbons (Fsp3) is 0.154. The van der Waals surface area contributed by atoms with E-state index in [1.54, 1.807) is 18.5 Å². The predicted octanol–water partition coefficient (Wildman–Crippen LogP) is 3.14. The van der Waals surface area contributed by atoms with Crippen LogP contribution in [0.15, 0.2) is 42.7 Å². The van der Waals surface area contributed by atoms with Crippen LogP contribution >= 0.6 is 23.2 Å². The Morgan fingerprint density at radius 2 is 1.89 bits per heavy atom. The van der Waals surface area contributed by atoms with Crippen molar-refractivity contribution in [2.45, 2.75) is 12.5 Å². The Labute approximate surface area is 116 Å². The first-order chi connectivity index (χ1) is 8.70. The summed E-state index contributed by atoms with van der Waals surface area (Å²) in [6.07, 6.45) is 4.17. The third kappa shape index (κ3) is 3.21. The van der Waals surface area contributed by atoms with Gasteiger partial charge in [-0.25, -0.2) is 0 Å². The monoisotopic (exact) mass is 281 g/mol. The zero-order valence-corrected chi connectivity index (χ0v) is 11.1. The minimum Gasteiger partial charge on any atom is -0.271 e. The molecular weight excluding hydrogens is 269 g/mol. The van der Waals surface area contributed by atoms with Crippen LogP contribution < -0.4 is 11.3 Å². The van der Waals surface area contributed by atoms with Crippen LogP contribution in [0.25, 0.3) is 0 Å². The van der Waals surface area contributed by atoms with Crippen molar-refractivity contribution in [1.29, 1.82) is 0 Å². The van der Waals surface area contributed by atoms with Gasteiger partial charge in [0, 0.05) is 22.4 Å². The summed E-state index contributed by atoms with van der Waals surface area (Å²) < 4.78 is 0. The highest BCUT2D eigenvalue weighted by Crippen LogP contribution is 2.25. The molecular formula is C13H13Cl2N3. The lowest BCUT2D eigenvalue weighted by Gasteiger charge is -2.17. The molecule has 3 nitrogen and oxygen atoms in total. The Bertz CT molecular complexity index is 517. The number of rotatable bonds is 4. The van der Waals surface area contributed by atoms with Crippen LogP contribution in [-0.2, 0) is 6.42 Å². The minimum absolute atomic E-state index is 0.00771. The fourth-order valence-corrected chi connectivity index (χ4v) is 2.26. The normalized spacial score (nSPS) is 12.4. The summed E-state index contributed by atoms with van der Waals surface area (Å²) in [7, 11) is 0. The molecule has 0 saturated heterocycles. The van der Waals surface area contributed by atoms with Gasteiger partial charge in [0.15, 0.2) is 0 Å². The largest absolute Gasteiger partial charge is 0.271 e. The Kier molecular flexibility index (Phi) is 4.55. The van der Waals surface area contributed by atoms with Crippen LogP contribution in [0.2, 0.25) is 10.0 Å². The molecule has 0 saturated carbocycles. The lowest BCUT2D eigenvalue weighted by Crippen LogP contribution is -2.29. The van der Waals surface area contributed by atoms with Crippen molar-refractivity contribution in [2.75, 3.05) is 0 Å². The van der Waals surface area contributed by atoms with Crippen LogP contribution in [0.5, 0.6) is 0 Å². The van der Waals surface area contributed by atoms with Gasteiger partial charge in [-0.15, -0.1) is 0 Å². The van der Waals surface area contributed by atoms with Gasteiger partial charge in [0.2, 0.25) is 0 Å².